The van der Waals surface area contributed by atoms with Crippen LogP contribution in [0.5, 0.6) is 0 Å². The molecule has 0 fully saturated rings. The molecule has 4 rings (SSSR count). The minimum atomic E-state index is 1.31. The number of hydrogen-bond donors (Lipinski definition) is 0. The van der Waals surface area contributed by atoms with Crippen LogP contribution in [0, 0.1) is 6.92 Å². The van der Waals surface area contributed by atoms with Gasteiger partial charge in [0.15, 0.2) is 0 Å². The molecule has 2 aromatic rings. The van der Waals surface area contributed by atoms with E-state index in [1.807, 2.05) is 0 Å². The first-order valence-electron chi connectivity index (χ1n) is 7.90. The van der Waals surface area contributed by atoms with Gasteiger partial charge in [-0.15, -0.1) is 0 Å². The quantitative estimate of drug-likeness (QED) is 0.623. The summed E-state index contributed by atoms with van der Waals surface area (Å²) >= 11 is 0. The van der Waals surface area contributed by atoms with Crippen molar-refractivity contribution in [3.63, 3.8) is 0 Å². The van der Waals surface area contributed by atoms with E-state index in [1.165, 1.54) is 56.9 Å². The van der Waals surface area contributed by atoms with Crippen molar-refractivity contribution in [3.05, 3.63) is 46.0 Å². The number of hydrogen-bond acceptors (Lipinski definition) is 0. The Morgan fingerprint density at radius 3 is 1.79 bits per heavy atom. The van der Waals surface area contributed by atoms with Crippen molar-refractivity contribution in [2.24, 2.45) is 0 Å². The summed E-state index contributed by atoms with van der Waals surface area (Å²) in [4.78, 5) is 0. The van der Waals surface area contributed by atoms with Gasteiger partial charge in [0.1, 0.15) is 0 Å². The fourth-order valence-corrected chi connectivity index (χ4v) is 4.24. The second kappa shape index (κ2) is 4.37. The maximum Gasteiger partial charge on any atom is -0.0144 e. The number of fused-ring (bicyclic) bond motifs is 6. The second-order valence-electron chi connectivity index (χ2n) is 6.38. The first kappa shape index (κ1) is 11.5. The fraction of sp³-hybridized carbons (Fsp3) is 0.474. The zero-order valence-electron chi connectivity index (χ0n) is 11.9. The number of aryl methyl sites for hydroxylation is 3. The molecule has 0 amide bonds. The van der Waals surface area contributed by atoms with Gasteiger partial charge in [0.05, 0.1) is 0 Å². The van der Waals surface area contributed by atoms with Crippen molar-refractivity contribution >= 4 is 10.8 Å². The Morgan fingerprint density at radius 2 is 1.16 bits per heavy atom. The van der Waals surface area contributed by atoms with Gasteiger partial charge in [-0.2, -0.15) is 0 Å². The Labute approximate surface area is 115 Å². The van der Waals surface area contributed by atoms with Crippen LogP contribution in [-0.2, 0) is 25.7 Å². The van der Waals surface area contributed by atoms with Crippen molar-refractivity contribution in [1.82, 2.24) is 0 Å². The average molecular weight is 250 g/mol. The van der Waals surface area contributed by atoms with Crippen LogP contribution in [0.3, 0.4) is 0 Å². The van der Waals surface area contributed by atoms with Crippen LogP contribution in [-0.4, -0.2) is 0 Å². The third kappa shape index (κ3) is 1.73. The molecule has 0 heteroatoms. The minimum Gasteiger partial charge on any atom is -0.0587 e. The lowest BCUT2D eigenvalue weighted by Gasteiger charge is -2.28. The summed E-state index contributed by atoms with van der Waals surface area (Å²) in [5, 5.41) is 3.15. The summed E-state index contributed by atoms with van der Waals surface area (Å²) in [5.41, 5.74) is 8.31. The van der Waals surface area contributed by atoms with E-state index in [9.17, 15) is 0 Å². The summed E-state index contributed by atoms with van der Waals surface area (Å²) in [6.45, 7) is 2.23. The Bertz CT molecular complexity index is 649. The molecule has 2 aliphatic carbocycles. The highest BCUT2D eigenvalue weighted by molar-refractivity contribution is 5.92. The smallest absolute Gasteiger partial charge is 0.0144 e. The molecule has 0 nitrogen and oxygen atoms in total. The average Bonchev–Trinajstić information content (AvgIpc) is 2.47. The van der Waals surface area contributed by atoms with Crippen LogP contribution in [0.4, 0.5) is 0 Å². The van der Waals surface area contributed by atoms with Gasteiger partial charge in [0.25, 0.3) is 0 Å². The zero-order valence-corrected chi connectivity index (χ0v) is 11.9. The maximum absolute atomic E-state index is 2.44. The van der Waals surface area contributed by atoms with E-state index in [0.717, 1.165) is 0 Å². The minimum absolute atomic E-state index is 1.31. The summed E-state index contributed by atoms with van der Waals surface area (Å²) in [7, 11) is 0. The molecule has 0 aromatic heterocycles. The third-order valence-corrected chi connectivity index (χ3v) is 5.13. The molecule has 0 heterocycles. The van der Waals surface area contributed by atoms with Crippen molar-refractivity contribution in [2.75, 3.05) is 0 Å². The molecule has 0 aliphatic heterocycles. The molecule has 0 atom stereocenters. The van der Waals surface area contributed by atoms with Gasteiger partial charge >= 0.3 is 0 Å². The van der Waals surface area contributed by atoms with Gasteiger partial charge in [0.2, 0.25) is 0 Å². The molecule has 0 spiro atoms. The number of rotatable bonds is 0. The van der Waals surface area contributed by atoms with Crippen molar-refractivity contribution < 1.29 is 0 Å². The molecule has 2 aliphatic rings. The molecule has 0 bridgehead atoms. The van der Waals surface area contributed by atoms with Crippen molar-refractivity contribution in [1.29, 1.82) is 0 Å². The first-order chi connectivity index (χ1) is 9.34. The Morgan fingerprint density at radius 1 is 0.632 bits per heavy atom. The van der Waals surface area contributed by atoms with E-state index < -0.39 is 0 Å². The van der Waals surface area contributed by atoms with E-state index in [-0.39, 0.29) is 0 Å². The zero-order chi connectivity index (χ0) is 12.8. The Balaban J connectivity index is 2.12. The van der Waals surface area contributed by atoms with Crippen LogP contribution in [0.25, 0.3) is 10.8 Å². The van der Waals surface area contributed by atoms with E-state index >= 15 is 0 Å². The van der Waals surface area contributed by atoms with Gasteiger partial charge in [-0.1, -0.05) is 23.8 Å². The molecule has 19 heavy (non-hydrogen) atoms. The van der Waals surface area contributed by atoms with E-state index in [1.54, 1.807) is 33.0 Å². The monoisotopic (exact) mass is 250 g/mol. The normalized spacial score (nSPS) is 18.2. The van der Waals surface area contributed by atoms with Crippen LogP contribution >= 0.6 is 0 Å². The first-order valence-corrected chi connectivity index (χ1v) is 7.90. The van der Waals surface area contributed by atoms with Gasteiger partial charge in [-0.05, 0) is 91.3 Å². The lowest BCUT2D eigenvalue weighted by molar-refractivity contribution is 0.647. The van der Waals surface area contributed by atoms with Crippen LogP contribution in [0.1, 0.15) is 53.5 Å². The molecular formula is C19H22. The summed E-state index contributed by atoms with van der Waals surface area (Å²) in [6, 6.07) is 7.13. The molecule has 0 radical (unpaired) electrons. The lowest BCUT2D eigenvalue weighted by atomic mass is 9.77. The predicted octanol–water partition coefficient (Wildman–Crippen LogP) is 4.91. The van der Waals surface area contributed by atoms with Crippen LogP contribution < -0.4 is 0 Å². The topological polar surface area (TPSA) is 0 Å². The van der Waals surface area contributed by atoms with E-state index in [2.05, 4.69) is 25.1 Å². The van der Waals surface area contributed by atoms with Gasteiger partial charge in [-0.25, -0.2) is 0 Å². The van der Waals surface area contributed by atoms with Crippen molar-refractivity contribution in [2.45, 2.75) is 58.3 Å². The second-order valence-corrected chi connectivity index (χ2v) is 6.38. The van der Waals surface area contributed by atoms with Gasteiger partial charge < -0.3 is 0 Å². The van der Waals surface area contributed by atoms with E-state index in [0.29, 0.717) is 0 Å². The highest BCUT2D eigenvalue weighted by Gasteiger charge is 2.22. The lowest BCUT2D eigenvalue weighted by Crippen LogP contribution is -2.13. The molecule has 0 unspecified atom stereocenters. The predicted molar refractivity (Wildman–Crippen MR) is 82.0 cm³/mol. The summed E-state index contributed by atoms with van der Waals surface area (Å²) in [6.07, 6.45) is 10.9. The van der Waals surface area contributed by atoms with Gasteiger partial charge in [0, 0.05) is 0 Å². The number of benzene rings is 2. The molecule has 0 N–H and O–H groups in total. The van der Waals surface area contributed by atoms with Crippen LogP contribution in [0.15, 0.2) is 18.2 Å². The SMILES string of the molecule is Cc1ccc2c3c(c4c(c2c1)CCCC4)CCCC3. The van der Waals surface area contributed by atoms with E-state index in [4.69, 9.17) is 0 Å². The van der Waals surface area contributed by atoms with Crippen molar-refractivity contribution in [3.8, 4) is 0 Å². The third-order valence-electron chi connectivity index (χ3n) is 5.13. The van der Waals surface area contributed by atoms with Gasteiger partial charge in [-0.3, -0.25) is 0 Å². The molecule has 98 valence electrons. The summed E-state index contributed by atoms with van der Waals surface area (Å²) < 4.78 is 0. The standard InChI is InChI=1S/C19H22/c1-13-10-11-18-16-8-3-2-6-14(16)15-7-4-5-9-17(15)19(18)12-13/h10-12H,2-9H2,1H3. The molecule has 2 aromatic carbocycles. The maximum atomic E-state index is 2.44. The highest BCUT2D eigenvalue weighted by atomic mass is 14.3. The largest absolute Gasteiger partial charge is 0.0587 e. The molecule has 0 saturated heterocycles. The summed E-state index contributed by atoms with van der Waals surface area (Å²) in [5.74, 6) is 0. The Hall–Kier alpha value is -1.30. The highest BCUT2D eigenvalue weighted by Crippen LogP contribution is 2.38. The Kier molecular flexibility index (Phi) is 2.65. The molecular weight excluding hydrogens is 228 g/mol. The van der Waals surface area contributed by atoms with Crippen LogP contribution in [0.2, 0.25) is 0 Å². The molecule has 0 saturated carbocycles. The fourth-order valence-electron chi connectivity index (χ4n) is 4.24.